The lowest BCUT2D eigenvalue weighted by atomic mass is 9.41. The Balaban J connectivity index is 1.14. The van der Waals surface area contributed by atoms with Gasteiger partial charge in [-0.25, -0.2) is 0 Å². The Kier molecular flexibility index (Phi) is 9.27. The van der Waals surface area contributed by atoms with Gasteiger partial charge in [-0.05, 0) is 117 Å². The highest BCUT2D eigenvalue weighted by Crippen LogP contribution is 2.89. The third-order valence-electron chi connectivity index (χ3n) is 17.2. The highest BCUT2D eigenvalue weighted by Gasteiger charge is 2.85. The second-order valence-corrected chi connectivity index (χ2v) is 20.6. The van der Waals surface area contributed by atoms with Crippen LogP contribution in [0.1, 0.15) is 106 Å². The van der Waals surface area contributed by atoms with E-state index < -0.39 is 84.1 Å². The van der Waals surface area contributed by atoms with Crippen molar-refractivity contribution < 1.29 is 64.5 Å². The summed E-state index contributed by atoms with van der Waals surface area (Å²) in [7, 11) is 0. The topological polar surface area (TPSA) is 208 Å². The van der Waals surface area contributed by atoms with E-state index in [-0.39, 0.29) is 58.7 Å². The smallest absolute Gasteiger partial charge is 0.186 e. The van der Waals surface area contributed by atoms with E-state index >= 15 is 0 Å². The lowest BCUT2D eigenvalue weighted by Gasteiger charge is -2.65. The summed E-state index contributed by atoms with van der Waals surface area (Å²) in [4.78, 5) is 0. The maximum absolute atomic E-state index is 12.2. The molecule has 8 fully saturated rings. The van der Waals surface area contributed by atoms with Crippen molar-refractivity contribution in [3.8, 4) is 0 Å². The first-order valence-electron chi connectivity index (χ1n) is 20.3. The summed E-state index contributed by atoms with van der Waals surface area (Å²) < 4.78 is 31.8. The molecule has 0 unspecified atom stereocenters. The van der Waals surface area contributed by atoms with Crippen LogP contribution in [0.3, 0.4) is 0 Å². The minimum atomic E-state index is -1.45. The van der Waals surface area contributed by atoms with E-state index in [1.807, 2.05) is 0 Å². The van der Waals surface area contributed by atoms with Gasteiger partial charge in [0.2, 0.25) is 0 Å². The Bertz CT molecular complexity index is 1410. The molecule has 5 aliphatic carbocycles. The van der Waals surface area contributed by atoms with E-state index in [9.17, 15) is 40.9 Å². The minimum absolute atomic E-state index is 0.0153. The fourth-order valence-corrected chi connectivity index (χ4v) is 14.6. The molecule has 0 bridgehead atoms. The van der Waals surface area contributed by atoms with Gasteiger partial charge in [-0.3, -0.25) is 0 Å². The number of aliphatic hydroxyl groups is 8. The van der Waals surface area contributed by atoms with Gasteiger partial charge in [-0.15, -0.1) is 0 Å². The zero-order valence-electron chi connectivity index (χ0n) is 32.6. The van der Waals surface area contributed by atoms with Gasteiger partial charge in [0.25, 0.3) is 0 Å². The van der Waals surface area contributed by atoms with E-state index in [1.54, 1.807) is 13.8 Å². The molecule has 8 aliphatic rings. The van der Waals surface area contributed by atoms with Gasteiger partial charge in [-0.2, -0.15) is 0 Å². The number of hydrogen-bond donors (Lipinski definition) is 8. The summed E-state index contributed by atoms with van der Waals surface area (Å²) in [5.74, 6) is -0.0540. The molecule has 0 aromatic rings. The molecule has 3 heterocycles. The third kappa shape index (κ3) is 5.42. The molecule has 20 atom stereocenters. The van der Waals surface area contributed by atoms with Gasteiger partial charge >= 0.3 is 0 Å². The average Bonchev–Trinajstić information content (AvgIpc) is 3.44. The van der Waals surface area contributed by atoms with E-state index in [0.717, 1.165) is 38.5 Å². The zero-order chi connectivity index (χ0) is 38.5. The maximum atomic E-state index is 12.2. The van der Waals surface area contributed by atoms with E-state index in [2.05, 4.69) is 34.6 Å². The molecule has 5 saturated carbocycles. The summed E-state index contributed by atoms with van der Waals surface area (Å²) in [6.07, 6.45) is -4.95. The molecule has 13 heteroatoms. The summed E-state index contributed by atoms with van der Waals surface area (Å²) in [6.45, 7) is 14.4. The quantitative estimate of drug-likeness (QED) is 0.181. The van der Waals surface area contributed by atoms with Crippen molar-refractivity contribution in [2.45, 2.75) is 191 Å². The largest absolute Gasteiger partial charge is 0.393 e. The van der Waals surface area contributed by atoms with Crippen molar-refractivity contribution in [3.05, 3.63) is 0 Å². The molecule has 8 N–H and O–H groups in total. The standard InChI is InChI=1S/C40H66O13/c1-34(2)24(52-33-29(47)27(45)21(43)17-50-33)9-11-40-18-39(40)13-12-36(5)30(38(7)10-8-25(53-38)35(3,4)48)19(41)15-37(36,6)23(39)14-22(31(34)40)51-32-28(46)26(44)20(42)16-49-32/h19-33,41-48H,8-18H2,1-7H3/t19-,20+,21+,22-,23+,24-,25+,26-,27-,28+,29+,30-,31-,32-,33-,36+,37-,38+,39-,40+/m0/s1. The average molecular weight is 755 g/mol. The van der Waals surface area contributed by atoms with Crippen molar-refractivity contribution in [1.29, 1.82) is 0 Å². The number of fused-ring (bicyclic) bond motifs is 2. The van der Waals surface area contributed by atoms with Gasteiger partial charge in [0, 0.05) is 5.92 Å². The van der Waals surface area contributed by atoms with Crippen molar-refractivity contribution in [2.75, 3.05) is 13.2 Å². The van der Waals surface area contributed by atoms with E-state index in [0.29, 0.717) is 19.3 Å². The number of ether oxygens (including phenoxy) is 5. The first-order chi connectivity index (χ1) is 24.6. The Morgan fingerprint density at radius 2 is 1.25 bits per heavy atom. The summed E-state index contributed by atoms with van der Waals surface area (Å²) in [5, 5.41) is 86.4. The van der Waals surface area contributed by atoms with Gasteiger partial charge in [-0.1, -0.05) is 27.7 Å². The fraction of sp³-hybridized carbons (Fsp3) is 1.00. The molecule has 53 heavy (non-hydrogen) atoms. The van der Waals surface area contributed by atoms with Crippen LogP contribution >= 0.6 is 0 Å². The zero-order valence-corrected chi connectivity index (χ0v) is 32.6. The third-order valence-corrected chi connectivity index (χ3v) is 17.2. The molecule has 0 amide bonds. The molecule has 0 aromatic carbocycles. The maximum Gasteiger partial charge on any atom is 0.186 e. The van der Waals surface area contributed by atoms with Crippen LogP contribution in [0.5, 0.6) is 0 Å². The van der Waals surface area contributed by atoms with Gasteiger partial charge in [0.1, 0.15) is 36.6 Å². The van der Waals surface area contributed by atoms with Crippen LogP contribution in [-0.4, -0.2) is 139 Å². The van der Waals surface area contributed by atoms with Crippen molar-refractivity contribution in [3.63, 3.8) is 0 Å². The van der Waals surface area contributed by atoms with E-state index in [1.165, 1.54) is 0 Å². The molecular weight excluding hydrogens is 688 g/mol. The second-order valence-electron chi connectivity index (χ2n) is 20.6. The highest BCUT2D eigenvalue weighted by atomic mass is 16.7. The first kappa shape index (κ1) is 39.3. The minimum Gasteiger partial charge on any atom is -0.393 e. The Morgan fingerprint density at radius 1 is 0.642 bits per heavy atom. The van der Waals surface area contributed by atoms with Gasteiger partial charge in [0.05, 0.1) is 48.8 Å². The summed E-state index contributed by atoms with van der Waals surface area (Å²) in [6, 6.07) is 0. The second kappa shape index (κ2) is 12.5. The predicted octanol–water partition coefficient (Wildman–Crippen LogP) is 1.36. The van der Waals surface area contributed by atoms with Crippen molar-refractivity contribution >= 4 is 0 Å². The number of aliphatic hydroxyl groups excluding tert-OH is 7. The fourth-order valence-electron chi connectivity index (χ4n) is 14.6. The van der Waals surface area contributed by atoms with Crippen LogP contribution in [0, 0.1) is 44.8 Å². The molecular formula is C40H66O13. The molecule has 0 aromatic heterocycles. The normalized spacial score (nSPS) is 59.0. The lowest BCUT2D eigenvalue weighted by Crippen LogP contribution is -2.64. The lowest BCUT2D eigenvalue weighted by molar-refractivity contribution is -0.326. The van der Waals surface area contributed by atoms with Gasteiger partial charge in [0.15, 0.2) is 12.6 Å². The Morgan fingerprint density at radius 3 is 1.83 bits per heavy atom. The molecule has 3 saturated heterocycles. The van der Waals surface area contributed by atoms with E-state index in [4.69, 9.17) is 23.7 Å². The van der Waals surface area contributed by atoms with Crippen LogP contribution in [0.2, 0.25) is 0 Å². The molecule has 8 rings (SSSR count). The molecule has 13 nitrogen and oxygen atoms in total. The first-order valence-corrected chi connectivity index (χ1v) is 20.3. The molecule has 0 radical (unpaired) electrons. The Hall–Kier alpha value is -0.520. The Labute approximate surface area is 313 Å². The summed E-state index contributed by atoms with van der Waals surface area (Å²) >= 11 is 0. The van der Waals surface area contributed by atoms with Gasteiger partial charge < -0.3 is 64.5 Å². The highest BCUT2D eigenvalue weighted by molar-refractivity contribution is 5.33. The van der Waals surface area contributed by atoms with Crippen molar-refractivity contribution in [2.24, 2.45) is 44.8 Å². The summed E-state index contributed by atoms with van der Waals surface area (Å²) in [5.41, 5.74) is -2.85. The predicted molar refractivity (Wildman–Crippen MR) is 188 cm³/mol. The monoisotopic (exact) mass is 754 g/mol. The van der Waals surface area contributed by atoms with Crippen LogP contribution < -0.4 is 0 Å². The van der Waals surface area contributed by atoms with Crippen LogP contribution in [-0.2, 0) is 23.7 Å². The SMILES string of the molecule is CC(C)(O)[C@H]1CC[C@](C)([C@H]2[C@@H](O)C[C@@]3(C)[C@H]4C[C@H](O[C@@H]5OC[C@@H](O)[C@H](O)[C@H]5O)[C@H]5C(C)(C)[C@@H](O[C@@H]6OC[C@@H](O)[C@H](O)[C@H]6O)CC[C@@]56C[C@@]46CC[C@]23C)O1. The number of hydrogen-bond acceptors (Lipinski definition) is 13. The molecule has 304 valence electrons. The molecule has 3 aliphatic heterocycles. The van der Waals surface area contributed by atoms with Crippen LogP contribution in [0.25, 0.3) is 0 Å². The van der Waals surface area contributed by atoms with Crippen molar-refractivity contribution in [1.82, 2.24) is 0 Å². The number of rotatable bonds is 6. The van der Waals surface area contributed by atoms with Crippen LogP contribution in [0.4, 0.5) is 0 Å². The van der Waals surface area contributed by atoms with Crippen LogP contribution in [0.15, 0.2) is 0 Å². The molecule has 2 spiro atoms.